The van der Waals surface area contributed by atoms with Crippen molar-refractivity contribution in [2.24, 2.45) is 0 Å². The van der Waals surface area contributed by atoms with Crippen molar-refractivity contribution in [2.45, 2.75) is 29.7 Å². The fourth-order valence-corrected chi connectivity index (χ4v) is 6.12. The molecule has 3 heterocycles. The lowest BCUT2D eigenvalue weighted by Crippen LogP contribution is -2.48. The summed E-state index contributed by atoms with van der Waals surface area (Å²) in [5.74, 6) is 2.85. The van der Waals surface area contributed by atoms with Gasteiger partial charge < -0.3 is 19.3 Å². The largest absolute Gasteiger partial charge is 0.497 e. The quantitative estimate of drug-likeness (QED) is 0.765. The average molecular weight is 411 g/mol. The number of para-hydroxylation sites is 1. The smallest absolute Gasteiger partial charge is 0.257 e. The first-order chi connectivity index (χ1) is 14.2. The molecule has 2 atom stereocenters. The second-order valence-corrected chi connectivity index (χ2v) is 9.01. The number of carbonyl (C=O) groups excluding carboxylic acids is 1. The summed E-state index contributed by atoms with van der Waals surface area (Å²) >= 11 is 1.97. The van der Waals surface area contributed by atoms with Crippen molar-refractivity contribution in [2.75, 3.05) is 44.5 Å². The average Bonchev–Trinajstić information content (AvgIpc) is 2.93. The predicted molar refractivity (Wildman–Crippen MR) is 116 cm³/mol. The van der Waals surface area contributed by atoms with E-state index in [0.29, 0.717) is 29.0 Å². The van der Waals surface area contributed by atoms with Gasteiger partial charge in [0.25, 0.3) is 5.91 Å². The number of likely N-dealkylation sites (tertiary alicyclic amines) is 1. The molecule has 5 nitrogen and oxygen atoms in total. The minimum Gasteiger partial charge on any atom is -0.497 e. The van der Waals surface area contributed by atoms with E-state index in [-0.39, 0.29) is 5.91 Å². The summed E-state index contributed by atoms with van der Waals surface area (Å²) in [4.78, 5) is 19.4. The number of hydrogen-bond acceptors (Lipinski definition) is 5. The van der Waals surface area contributed by atoms with Gasteiger partial charge in [-0.25, -0.2) is 0 Å². The molecule has 0 N–H and O–H groups in total. The van der Waals surface area contributed by atoms with E-state index in [2.05, 4.69) is 23.1 Å². The van der Waals surface area contributed by atoms with Crippen LogP contribution in [0.15, 0.2) is 41.3 Å². The zero-order valence-electron chi connectivity index (χ0n) is 16.9. The van der Waals surface area contributed by atoms with Crippen molar-refractivity contribution < 1.29 is 14.3 Å². The fraction of sp³-hybridized carbons (Fsp3) is 0.435. The molecular weight excluding hydrogens is 384 g/mol. The molecule has 1 saturated heterocycles. The van der Waals surface area contributed by atoms with Crippen LogP contribution in [0.25, 0.3) is 0 Å². The number of nitrogens with zero attached hydrogens (tertiary/aromatic N) is 2. The van der Waals surface area contributed by atoms with Gasteiger partial charge in [0.1, 0.15) is 11.5 Å². The van der Waals surface area contributed by atoms with Crippen LogP contribution >= 0.6 is 11.8 Å². The number of anilines is 1. The second-order valence-electron chi connectivity index (χ2n) is 7.87. The molecule has 0 bridgehead atoms. The summed E-state index contributed by atoms with van der Waals surface area (Å²) in [6.07, 6.45) is 2.22. The molecule has 0 aliphatic carbocycles. The molecule has 152 valence electrons. The molecule has 1 amide bonds. The highest BCUT2D eigenvalue weighted by Crippen LogP contribution is 2.50. The third-order valence-electron chi connectivity index (χ3n) is 6.42. The summed E-state index contributed by atoms with van der Waals surface area (Å²) < 4.78 is 10.8. The molecule has 5 rings (SSSR count). The highest BCUT2D eigenvalue weighted by Gasteiger charge is 2.44. The van der Waals surface area contributed by atoms with E-state index in [9.17, 15) is 4.79 Å². The van der Waals surface area contributed by atoms with Gasteiger partial charge in [-0.15, -0.1) is 11.8 Å². The lowest BCUT2D eigenvalue weighted by Gasteiger charge is -2.39. The minimum atomic E-state index is 0.0248. The van der Waals surface area contributed by atoms with Crippen LogP contribution in [0.2, 0.25) is 0 Å². The van der Waals surface area contributed by atoms with Crippen molar-refractivity contribution in [3.05, 3.63) is 47.5 Å². The number of piperidine rings is 1. The van der Waals surface area contributed by atoms with Crippen LogP contribution < -0.4 is 14.4 Å². The maximum absolute atomic E-state index is 13.4. The van der Waals surface area contributed by atoms with Crippen LogP contribution in [0.5, 0.6) is 11.5 Å². The monoisotopic (exact) mass is 410 g/mol. The lowest BCUT2D eigenvalue weighted by molar-refractivity contribution is 0.0693. The van der Waals surface area contributed by atoms with Crippen LogP contribution in [-0.4, -0.2) is 56.5 Å². The molecule has 6 heteroatoms. The Morgan fingerprint density at radius 2 is 2.03 bits per heavy atom. The van der Waals surface area contributed by atoms with Gasteiger partial charge in [-0.1, -0.05) is 12.1 Å². The molecule has 0 aromatic heterocycles. The van der Waals surface area contributed by atoms with Gasteiger partial charge in [-0.05, 0) is 48.4 Å². The summed E-state index contributed by atoms with van der Waals surface area (Å²) in [5.41, 5.74) is 3.42. The molecule has 2 unspecified atom stereocenters. The van der Waals surface area contributed by atoms with E-state index < -0.39 is 0 Å². The van der Waals surface area contributed by atoms with Crippen LogP contribution in [0, 0.1) is 0 Å². The molecule has 0 spiro atoms. The predicted octanol–water partition coefficient (Wildman–Crippen LogP) is 4.02. The van der Waals surface area contributed by atoms with E-state index in [1.165, 1.54) is 28.3 Å². The zero-order valence-corrected chi connectivity index (χ0v) is 17.7. The third-order valence-corrected chi connectivity index (χ3v) is 7.55. The van der Waals surface area contributed by atoms with Crippen LogP contribution in [0.3, 0.4) is 0 Å². The normalized spacial score (nSPS) is 22.6. The maximum Gasteiger partial charge on any atom is 0.257 e. The van der Waals surface area contributed by atoms with Crippen LogP contribution in [-0.2, 0) is 0 Å². The summed E-state index contributed by atoms with van der Waals surface area (Å²) in [7, 11) is 3.22. The standard InChI is InChI=1S/C23H26N2O3S/c1-27-15-7-8-20(28-2)17(13-15)23(26)24-11-9-19-18(14-24)16-5-3-6-21-22(16)25(19)10-4-12-29-21/h3,5-8,13,18-19H,4,9-12,14H2,1-2H3. The molecule has 29 heavy (non-hydrogen) atoms. The van der Waals surface area contributed by atoms with Gasteiger partial charge in [-0.3, -0.25) is 4.79 Å². The van der Waals surface area contributed by atoms with Gasteiger partial charge >= 0.3 is 0 Å². The van der Waals surface area contributed by atoms with Crippen molar-refractivity contribution in [3.63, 3.8) is 0 Å². The van der Waals surface area contributed by atoms with Gasteiger partial charge in [-0.2, -0.15) is 0 Å². The van der Waals surface area contributed by atoms with Gasteiger partial charge in [0, 0.05) is 36.5 Å². The Kier molecular flexibility index (Phi) is 4.82. The Morgan fingerprint density at radius 3 is 2.86 bits per heavy atom. The van der Waals surface area contributed by atoms with Crippen LogP contribution in [0.4, 0.5) is 5.69 Å². The van der Waals surface area contributed by atoms with Crippen molar-refractivity contribution in [1.29, 1.82) is 0 Å². The van der Waals surface area contributed by atoms with Crippen molar-refractivity contribution in [3.8, 4) is 11.5 Å². The summed E-state index contributed by atoms with van der Waals surface area (Å²) in [6, 6.07) is 12.6. The highest BCUT2D eigenvalue weighted by atomic mass is 32.2. The maximum atomic E-state index is 13.4. The molecule has 2 aromatic carbocycles. The Balaban J connectivity index is 1.46. The first kappa shape index (κ1) is 18.7. The number of thioether (sulfide) groups is 1. The van der Waals surface area contributed by atoms with Gasteiger partial charge in [0.2, 0.25) is 0 Å². The number of hydrogen-bond donors (Lipinski definition) is 0. The van der Waals surface area contributed by atoms with E-state index in [1.807, 2.05) is 22.7 Å². The SMILES string of the molecule is COc1ccc(OC)c(C(=O)N2CCC3C(C2)c2cccc4c2N3CCCS4)c1. The molecule has 0 radical (unpaired) electrons. The topological polar surface area (TPSA) is 42.0 Å². The van der Waals surface area contributed by atoms with Crippen molar-refractivity contribution >= 4 is 23.4 Å². The molecule has 3 aliphatic heterocycles. The highest BCUT2D eigenvalue weighted by molar-refractivity contribution is 7.99. The second kappa shape index (κ2) is 7.48. The molecule has 2 aromatic rings. The summed E-state index contributed by atoms with van der Waals surface area (Å²) in [5, 5.41) is 0. The summed E-state index contributed by atoms with van der Waals surface area (Å²) in [6.45, 7) is 2.64. The van der Waals surface area contributed by atoms with E-state index >= 15 is 0 Å². The zero-order chi connectivity index (χ0) is 20.0. The first-order valence-corrected chi connectivity index (χ1v) is 11.2. The number of rotatable bonds is 3. The van der Waals surface area contributed by atoms with Crippen LogP contribution in [0.1, 0.15) is 34.7 Å². The Labute approximate surface area is 176 Å². The fourth-order valence-electron chi connectivity index (χ4n) is 5.08. The minimum absolute atomic E-state index is 0.0248. The molecular formula is C23H26N2O3S. The third kappa shape index (κ3) is 3.05. The Hall–Kier alpha value is -2.34. The number of amides is 1. The van der Waals surface area contributed by atoms with E-state index in [4.69, 9.17) is 9.47 Å². The van der Waals surface area contributed by atoms with Gasteiger partial charge in [0.15, 0.2) is 0 Å². The number of benzene rings is 2. The number of ether oxygens (including phenoxy) is 2. The molecule has 3 aliphatic rings. The lowest BCUT2D eigenvalue weighted by atomic mass is 9.88. The van der Waals surface area contributed by atoms with E-state index in [0.717, 1.165) is 26.1 Å². The van der Waals surface area contributed by atoms with E-state index in [1.54, 1.807) is 26.4 Å². The number of carbonyl (C=O) groups is 1. The molecule has 1 fully saturated rings. The van der Waals surface area contributed by atoms with Crippen molar-refractivity contribution in [1.82, 2.24) is 4.90 Å². The number of fused-ring (bicyclic) bond motifs is 3. The first-order valence-electron chi connectivity index (χ1n) is 10.2. The Bertz CT molecular complexity index is 948. The molecule has 0 saturated carbocycles. The Morgan fingerprint density at radius 1 is 1.14 bits per heavy atom. The van der Waals surface area contributed by atoms with Gasteiger partial charge in [0.05, 0.1) is 25.5 Å². The number of methoxy groups -OCH3 is 2.